The minimum Gasteiger partial charge on any atom is -0.324 e. The molecule has 1 rings (SSSR count). The summed E-state index contributed by atoms with van der Waals surface area (Å²) >= 11 is 1.46. The summed E-state index contributed by atoms with van der Waals surface area (Å²) in [4.78, 5) is 16.9. The van der Waals surface area contributed by atoms with Crippen molar-refractivity contribution in [3.63, 3.8) is 0 Å². The van der Waals surface area contributed by atoms with Crippen molar-refractivity contribution in [1.82, 2.24) is 0 Å². The zero-order valence-electron chi connectivity index (χ0n) is 12.3. The number of hydrogen-bond acceptors (Lipinski definition) is 3. The average molecular weight is 278 g/mol. The number of benzene rings is 1. The van der Waals surface area contributed by atoms with Crippen molar-refractivity contribution in [2.45, 2.75) is 26.7 Å². The molecule has 0 aliphatic rings. The van der Waals surface area contributed by atoms with E-state index in [-0.39, 0.29) is 0 Å². The average Bonchev–Trinajstić information content (AvgIpc) is 2.38. The normalized spacial score (nSPS) is 11.8. The van der Waals surface area contributed by atoms with Gasteiger partial charge in [0, 0.05) is 19.8 Å². The fourth-order valence-corrected chi connectivity index (χ4v) is 2.59. The van der Waals surface area contributed by atoms with Gasteiger partial charge in [0.2, 0.25) is 0 Å². The number of anilines is 1. The van der Waals surface area contributed by atoms with Crippen molar-refractivity contribution in [2.75, 3.05) is 24.7 Å². The van der Waals surface area contributed by atoms with Crippen LogP contribution in [0.25, 0.3) is 0 Å². The van der Waals surface area contributed by atoms with Crippen LogP contribution in [0.2, 0.25) is 0 Å². The van der Waals surface area contributed by atoms with E-state index in [2.05, 4.69) is 48.9 Å². The van der Waals surface area contributed by atoms with Crippen molar-refractivity contribution in [2.24, 2.45) is 4.99 Å². The number of carbonyl (C=O) groups excluding carboxylic acids is 1. The van der Waals surface area contributed by atoms with Crippen molar-refractivity contribution >= 4 is 28.9 Å². The topological polar surface area (TPSA) is 32.7 Å². The van der Waals surface area contributed by atoms with Gasteiger partial charge in [-0.3, -0.25) is 4.99 Å². The van der Waals surface area contributed by atoms with Gasteiger partial charge in [-0.05, 0) is 30.0 Å². The lowest BCUT2D eigenvalue weighted by Gasteiger charge is -2.25. The van der Waals surface area contributed by atoms with Gasteiger partial charge in [-0.2, -0.15) is 0 Å². The van der Waals surface area contributed by atoms with Crippen LogP contribution >= 0.6 is 11.8 Å². The third-order valence-corrected chi connectivity index (χ3v) is 3.95. The Hall–Kier alpha value is -1.29. The number of amidine groups is 1. The van der Waals surface area contributed by atoms with Gasteiger partial charge in [-0.15, -0.1) is 0 Å². The zero-order chi connectivity index (χ0) is 14.4. The summed E-state index contributed by atoms with van der Waals surface area (Å²) in [6.45, 7) is 6.45. The first kappa shape index (κ1) is 15.8. The van der Waals surface area contributed by atoms with Crippen LogP contribution in [0, 0.1) is 6.92 Å². The maximum absolute atomic E-state index is 10.5. The van der Waals surface area contributed by atoms with Gasteiger partial charge >= 0.3 is 0 Å². The van der Waals surface area contributed by atoms with Crippen molar-refractivity contribution in [3.05, 3.63) is 29.3 Å². The summed E-state index contributed by atoms with van der Waals surface area (Å²) in [7, 11) is 3.76. The van der Waals surface area contributed by atoms with Gasteiger partial charge in [-0.25, -0.2) is 0 Å². The van der Waals surface area contributed by atoms with E-state index in [0.29, 0.717) is 11.7 Å². The first-order chi connectivity index (χ1) is 9.01. The highest BCUT2D eigenvalue weighted by Gasteiger charge is 2.15. The lowest BCUT2D eigenvalue weighted by Crippen LogP contribution is -2.25. The minimum absolute atomic E-state index is 0.430. The number of aldehydes is 1. The summed E-state index contributed by atoms with van der Waals surface area (Å²) in [6, 6.07) is 6.47. The summed E-state index contributed by atoms with van der Waals surface area (Å²) in [5.41, 5.74) is 3.68. The maximum Gasteiger partial charge on any atom is 0.163 e. The lowest BCUT2D eigenvalue weighted by molar-refractivity contribution is -0.105. The zero-order valence-corrected chi connectivity index (χ0v) is 13.1. The Kier molecular flexibility index (Phi) is 6.09. The molecule has 0 spiro atoms. The minimum atomic E-state index is 0.430. The predicted octanol–water partition coefficient (Wildman–Crippen LogP) is 3.47. The largest absolute Gasteiger partial charge is 0.324 e. The number of thioether (sulfide) groups is 1. The van der Waals surface area contributed by atoms with E-state index in [4.69, 9.17) is 0 Å². The van der Waals surface area contributed by atoms with Gasteiger partial charge in [0.05, 0.1) is 5.75 Å². The molecule has 4 heteroatoms. The number of carbonyl (C=O) groups is 1. The third-order valence-electron chi connectivity index (χ3n) is 2.93. The Balaban J connectivity index is 3.12. The van der Waals surface area contributed by atoms with Crippen molar-refractivity contribution in [3.8, 4) is 0 Å². The van der Waals surface area contributed by atoms with E-state index in [1.165, 1.54) is 22.9 Å². The second-order valence-electron chi connectivity index (χ2n) is 4.76. The van der Waals surface area contributed by atoms with Crippen LogP contribution in [0.3, 0.4) is 0 Å². The molecule has 0 bridgehead atoms. The molecule has 0 fully saturated rings. The fraction of sp³-hybridized carbons (Fsp3) is 0.467. The SMILES string of the molecule is CN=C(SCC=O)N(C)c1cc(C)ccc1C(C)C. The van der Waals surface area contributed by atoms with Crippen LogP contribution in [-0.2, 0) is 4.79 Å². The molecule has 0 amide bonds. The van der Waals surface area contributed by atoms with Gasteiger partial charge in [-0.1, -0.05) is 37.7 Å². The molecule has 0 saturated heterocycles. The van der Waals surface area contributed by atoms with E-state index < -0.39 is 0 Å². The molecule has 104 valence electrons. The van der Waals surface area contributed by atoms with E-state index in [0.717, 1.165) is 17.1 Å². The van der Waals surface area contributed by atoms with Gasteiger partial charge in [0.1, 0.15) is 6.29 Å². The summed E-state index contributed by atoms with van der Waals surface area (Å²) in [6.07, 6.45) is 0.906. The highest BCUT2D eigenvalue weighted by atomic mass is 32.2. The van der Waals surface area contributed by atoms with Crippen LogP contribution in [0.1, 0.15) is 30.9 Å². The maximum atomic E-state index is 10.5. The number of rotatable bonds is 4. The molecule has 0 heterocycles. The molecule has 0 unspecified atom stereocenters. The molecule has 1 aromatic carbocycles. The van der Waals surface area contributed by atoms with Crippen molar-refractivity contribution < 1.29 is 4.79 Å². The van der Waals surface area contributed by atoms with Crippen LogP contribution in [0.15, 0.2) is 23.2 Å². The predicted molar refractivity (Wildman–Crippen MR) is 85.6 cm³/mol. The van der Waals surface area contributed by atoms with E-state index >= 15 is 0 Å². The third kappa shape index (κ3) is 4.10. The lowest BCUT2D eigenvalue weighted by atomic mass is 9.99. The molecule has 0 radical (unpaired) electrons. The first-order valence-corrected chi connectivity index (χ1v) is 7.37. The number of aliphatic imine (C=N–C) groups is 1. The van der Waals surface area contributed by atoms with Crippen LogP contribution < -0.4 is 4.90 Å². The Morgan fingerprint density at radius 2 is 2.16 bits per heavy atom. The molecule has 0 aromatic heterocycles. The molecule has 0 aliphatic carbocycles. The van der Waals surface area contributed by atoms with E-state index in [1.807, 2.05) is 7.05 Å². The summed E-state index contributed by atoms with van der Waals surface area (Å²) < 4.78 is 0. The molecule has 19 heavy (non-hydrogen) atoms. The molecule has 0 aliphatic heterocycles. The smallest absolute Gasteiger partial charge is 0.163 e. The van der Waals surface area contributed by atoms with Gasteiger partial charge < -0.3 is 9.69 Å². The highest BCUT2D eigenvalue weighted by molar-refractivity contribution is 8.14. The summed E-state index contributed by atoms with van der Waals surface area (Å²) in [5.74, 6) is 0.882. The molecule has 0 atom stereocenters. The quantitative estimate of drug-likeness (QED) is 0.480. The molecule has 3 nitrogen and oxygen atoms in total. The summed E-state index contributed by atoms with van der Waals surface area (Å²) in [5, 5.41) is 0.861. The van der Waals surface area contributed by atoms with Gasteiger partial charge in [0.25, 0.3) is 0 Å². The highest BCUT2D eigenvalue weighted by Crippen LogP contribution is 2.29. The second kappa shape index (κ2) is 7.34. The van der Waals surface area contributed by atoms with Crippen molar-refractivity contribution in [1.29, 1.82) is 0 Å². The molecular weight excluding hydrogens is 256 g/mol. The van der Waals surface area contributed by atoms with Crippen LogP contribution in [0.5, 0.6) is 0 Å². The Morgan fingerprint density at radius 1 is 1.47 bits per heavy atom. The molecule has 1 aromatic rings. The second-order valence-corrected chi connectivity index (χ2v) is 5.75. The molecule has 0 N–H and O–H groups in total. The number of hydrogen-bond donors (Lipinski definition) is 0. The molecular formula is C15H22N2OS. The molecule has 0 saturated carbocycles. The van der Waals surface area contributed by atoms with Crippen LogP contribution in [-0.4, -0.2) is 31.3 Å². The van der Waals surface area contributed by atoms with Crippen LogP contribution in [0.4, 0.5) is 5.69 Å². The first-order valence-electron chi connectivity index (χ1n) is 6.38. The Labute approximate surface area is 120 Å². The standard InChI is InChI=1S/C15H22N2OS/c1-11(2)13-7-6-12(3)10-14(13)17(5)15(16-4)19-9-8-18/h6-8,10-11H,9H2,1-5H3. The monoisotopic (exact) mass is 278 g/mol. The number of aryl methyl sites for hydroxylation is 1. The Bertz CT molecular complexity index is 469. The van der Waals surface area contributed by atoms with Gasteiger partial charge in [0.15, 0.2) is 5.17 Å². The van der Waals surface area contributed by atoms with E-state index in [1.54, 1.807) is 7.05 Å². The fourth-order valence-electron chi connectivity index (χ4n) is 1.96. The number of nitrogens with zero attached hydrogens (tertiary/aromatic N) is 2. The Morgan fingerprint density at radius 3 is 2.68 bits per heavy atom. The van der Waals surface area contributed by atoms with E-state index in [9.17, 15) is 4.79 Å².